The van der Waals surface area contributed by atoms with Gasteiger partial charge in [-0.15, -0.1) is 0 Å². The Hall–Kier alpha value is -1.35. The second-order valence-electron chi connectivity index (χ2n) is 5.27. The highest BCUT2D eigenvalue weighted by atomic mass is 35.5. The third-order valence-electron chi connectivity index (χ3n) is 3.61. The number of ether oxygens (including phenoxy) is 1. The van der Waals surface area contributed by atoms with Crippen molar-refractivity contribution in [2.75, 3.05) is 13.7 Å². The first-order valence-corrected chi connectivity index (χ1v) is 7.24. The van der Waals surface area contributed by atoms with Crippen molar-refractivity contribution in [1.82, 2.24) is 0 Å². The molecule has 2 rings (SSSR count). The highest BCUT2D eigenvalue weighted by molar-refractivity contribution is 5.17. The van der Waals surface area contributed by atoms with Gasteiger partial charge in [-0.3, -0.25) is 0 Å². The van der Waals surface area contributed by atoms with Crippen LogP contribution in [0.25, 0.3) is 0 Å². The van der Waals surface area contributed by atoms with Crippen LogP contribution in [-0.2, 0) is 11.2 Å². The molecule has 0 aromatic heterocycles. The maximum Gasteiger partial charge on any atom is 0.131 e. The summed E-state index contributed by atoms with van der Waals surface area (Å²) in [6.45, 7) is 3.22. The Kier molecular flexibility index (Phi) is 8.06. The SMILES string of the molecule is COC(C[NH2+]C(C)Cc1ccccc1)c1ccccc1.[Cl-]. The number of hydrogen-bond acceptors (Lipinski definition) is 1. The molecule has 2 atom stereocenters. The second kappa shape index (κ2) is 9.56. The fourth-order valence-electron chi connectivity index (χ4n) is 2.46. The summed E-state index contributed by atoms with van der Waals surface area (Å²) < 4.78 is 5.61. The Bertz CT molecular complexity index is 489. The summed E-state index contributed by atoms with van der Waals surface area (Å²) in [7, 11) is 1.79. The van der Waals surface area contributed by atoms with Crippen LogP contribution >= 0.6 is 0 Å². The quantitative estimate of drug-likeness (QED) is 0.738. The summed E-state index contributed by atoms with van der Waals surface area (Å²) in [5.41, 5.74) is 2.64. The molecule has 0 saturated carbocycles. The van der Waals surface area contributed by atoms with E-state index >= 15 is 0 Å². The van der Waals surface area contributed by atoms with Gasteiger partial charge in [0.1, 0.15) is 12.6 Å². The molecule has 0 aliphatic carbocycles. The normalized spacial score (nSPS) is 13.2. The lowest BCUT2D eigenvalue weighted by atomic mass is 10.1. The average Bonchev–Trinajstić information content (AvgIpc) is 2.50. The zero-order chi connectivity index (χ0) is 14.2. The minimum absolute atomic E-state index is 0. The molecule has 2 unspecified atom stereocenters. The summed E-state index contributed by atoms with van der Waals surface area (Å²) in [5.74, 6) is 0. The van der Waals surface area contributed by atoms with Crippen molar-refractivity contribution >= 4 is 0 Å². The average molecular weight is 306 g/mol. The van der Waals surface area contributed by atoms with Crippen LogP contribution in [0.4, 0.5) is 0 Å². The van der Waals surface area contributed by atoms with Crippen molar-refractivity contribution in [3.05, 3.63) is 71.8 Å². The Morgan fingerprint density at radius 2 is 1.52 bits per heavy atom. The van der Waals surface area contributed by atoms with Crippen molar-refractivity contribution in [3.63, 3.8) is 0 Å². The van der Waals surface area contributed by atoms with E-state index in [2.05, 4.69) is 66.8 Å². The molecule has 0 spiro atoms. The molecule has 0 fully saturated rings. The van der Waals surface area contributed by atoms with Crippen LogP contribution in [0.15, 0.2) is 60.7 Å². The number of hydrogen-bond donors (Lipinski definition) is 1. The summed E-state index contributed by atoms with van der Waals surface area (Å²) in [5, 5.41) is 2.37. The topological polar surface area (TPSA) is 25.8 Å². The van der Waals surface area contributed by atoms with Crippen LogP contribution in [0.2, 0.25) is 0 Å². The van der Waals surface area contributed by atoms with Crippen LogP contribution in [0.3, 0.4) is 0 Å². The zero-order valence-corrected chi connectivity index (χ0v) is 13.5. The van der Waals surface area contributed by atoms with Gasteiger partial charge in [0.2, 0.25) is 0 Å². The van der Waals surface area contributed by atoms with E-state index in [4.69, 9.17) is 4.74 Å². The summed E-state index contributed by atoms with van der Waals surface area (Å²) in [6, 6.07) is 21.6. The monoisotopic (exact) mass is 305 g/mol. The van der Waals surface area contributed by atoms with Crippen LogP contribution < -0.4 is 17.7 Å². The van der Waals surface area contributed by atoms with Crippen LogP contribution in [0, 0.1) is 0 Å². The molecular formula is C18H24ClNO. The standard InChI is InChI=1S/C18H23NO.ClH/c1-15(13-16-9-5-3-6-10-16)19-14-18(20-2)17-11-7-4-8-12-17;/h3-12,15,18-19H,13-14H2,1-2H3;1H. The third kappa shape index (κ3) is 5.88. The van der Waals surface area contributed by atoms with E-state index in [1.165, 1.54) is 11.1 Å². The van der Waals surface area contributed by atoms with Gasteiger partial charge in [0.05, 0.1) is 6.04 Å². The highest BCUT2D eigenvalue weighted by Crippen LogP contribution is 2.13. The van der Waals surface area contributed by atoms with E-state index in [9.17, 15) is 0 Å². The van der Waals surface area contributed by atoms with Crippen molar-refractivity contribution in [2.45, 2.75) is 25.5 Å². The van der Waals surface area contributed by atoms with E-state index in [1.807, 2.05) is 6.07 Å². The molecule has 0 radical (unpaired) electrons. The Balaban J connectivity index is 0.00000220. The Morgan fingerprint density at radius 1 is 0.952 bits per heavy atom. The first-order chi connectivity index (χ1) is 9.79. The molecule has 2 aromatic rings. The third-order valence-corrected chi connectivity index (χ3v) is 3.61. The predicted octanol–water partition coefficient (Wildman–Crippen LogP) is -0.427. The molecule has 2 N–H and O–H groups in total. The van der Waals surface area contributed by atoms with E-state index in [1.54, 1.807) is 7.11 Å². The molecule has 0 heterocycles. The van der Waals surface area contributed by atoms with E-state index in [-0.39, 0.29) is 18.5 Å². The zero-order valence-electron chi connectivity index (χ0n) is 12.7. The number of rotatable bonds is 7. The largest absolute Gasteiger partial charge is 1.00 e. The molecular weight excluding hydrogens is 282 g/mol. The van der Waals surface area contributed by atoms with Gasteiger partial charge in [0.25, 0.3) is 0 Å². The van der Waals surface area contributed by atoms with Gasteiger partial charge in [-0.2, -0.15) is 0 Å². The summed E-state index contributed by atoms with van der Waals surface area (Å²) >= 11 is 0. The van der Waals surface area contributed by atoms with Crippen LogP contribution in [0.1, 0.15) is 24.2 Å². The van der Waals surface area contributed by atoms with E-state index < -0.39 is 0 Å². The fourth-order valence-corrected chi connectivity index (χ4v) is 2.46. The summed E-state index contributed by atoms with van der Waals surface area (Å²) in [4.78, 5) is 0. The lowest BCUT2D eigenvalue weighted by Gasteiger charge is -2.17. The minimum Gasteiger partial charge on any atom is -1.00 e. The van der Waals surface area contributed by atoms with Gasteiger partial charge in [-0.1, -0.05) is 60.7 Å². The number of benzene rings is 2. The number of methoxy groups -OCH3 is 1. The Morgan fingerprint density at radius 3 is 2.10 bits per heavy atom. The molecule has 0 bridgehead atoms. The van der Waals surface area contributed by atoms with Crippen LogP contribution in [0.5, 0.6) is 0 Å². The maximum absolute atomic E-state index is 5.61. The second-order valence-corrected chi connectivity index (χ2v) is 5.27. The molecule has 2 nitrogen and oxygen atoms in total. The van der Waals surface area contributed by atoms with Gasteiger partial charge in [0, 0.05) is 13.5 Å². The van der Waals surface area contributed by atoms with Crippen molar-refractivity contribution in [3.8, 4) is 0 Å². The van der Waals surface area contributed by atoms with Crippen molar-refractivity contribution in [2.24, 2.45) is 0 Å². The lowest BCUT2D eigenvalue weighted by Crippen LogP contribution is -3.00. The van der Waals surface area contributed by atoms with Gasteiger partial charge in [-0.05, 0) is 18.1 Å². The lowest BCUT2D eigenvalue weighted by molar-refractivity contribution is -0.692. The molecule has 114 valence electrons. The molecule has 21 heavy (non-hydrogen) atoms. The Labute approximate surface area is 133 Å². The van der Waals surface area contributed by atoms with E-state index in [0.717, 1.165) is 13.0 Å². The number of halogens is 1. The maximum atomic E-state index is 5.61. The minimum atomic E-state index is 0. The first-order valence-electron chi connectivity index (χ1n) is 7.24. The molecule has 0 saturated heterocycles. The van der Waals surface area contributed by atoms with Gasteiger partial charge < -0.3 is 22.5 Å². The van der Waals surface area contributed by atoms with Crippen molar-refractivity contribution < 1.29 is 22.5 Å². The van der Waals surface area contributed by atoms with Gasteiger partial charge in [-0.25, -0.2) is 0 Å². The fraction of sp³-hybridized carbons (Fsp3) is 0.333. The molecule has 3 heteroatoms. The number of nitrogens with two attached hydrogens (primary N) is 1. The molecule has 2 aromatic carbocycles. The smallest absolute Gasteiger partial charge is 0.131 e. The molecule has 0 amide bonds. The number of quaternary nitrogens is 1. The van der Waals surface area contributed by atoms with Gasteiger partial charge >= 0.3 is 0 Å². The first kappa shape index (κ1) is 17.7. The molecule has 0 aliphatic heterocycles. The summed E-state index contributed by atoms with van der Waals surface area (Å²) in [6.07, 6.45) is 1.25. The van der Waals surface area contributed by atoms with Gasteiger partial charge in [0.15, 0.2) is 0 Å². The van der Waals surface area contributed by atoms with Crippen LogP contribution in [-0.4, -0.2) is 19.7 Å². The van der Waals surface area contributed by atoms with E-state index in [0.29, 0.717) is 6.04 Å². The highest BCUT2D eigenvalue weighted by Gasteiger charge is 2.14. The van der Waals surface area contributed by atoms with Crippen molar-refractivity contribution in [1.29, 1.82) is 0 Å². The predicted molar refractivity (Wildman–Crippen MR) is 82.6 cm³/mol. The molecule has 0 aliphatic rings.